The molecule has 3 aromatic rings. The molecule has 1 heterocycles. The van der Waals surface area contributed by atoms with Crippen LogP contribution in [0.3, 0.4) is 0 Å². The van der Waals surface area contributed by atoms with Crippen molar-refractivity contribution in [2.75, 3.05) is 7.11 Å². The van der Waals surface area contributed by atoms with E-state index in [0.29, 0.717) is 10.6 Å². The van der Waals surface area contributed by atoms with E-state index in [1.165, 1.54) is 0 Å². The van der Waals surface area contributed by atoms with Crippen molar-refractivity contribution in [2.24, 2.45) is 0 Å². The summed E-state index contributed by atoms with van der Waals surface area (Å²) in [6.07, 6.45) is 0.877. The molecule has 4 nitrogen and oxygen atoms in total. The number of halogens is 1. The largest absolute Gasteiger partial charge is 0.495 e. The molecular weight excluding hydrogens is 372 g/mol. The average molecular weight is 397 g/mol. The Kier molecular flexibility index (Phi) is 6.10. The smallest absolute Gasteiger partial charge is 0.253 e. The maximum absolute atomic E-state index is 12.9. The van der Waals surface area contributed by atoms with Crippen LogP contribution in [0.25, 0.3) is 16.9 Å². The quantitative estimate of drug-likeness (QED) is 0.585. The van der Waals surface area contributed by atoms with Crippen molar-refractivity contribution >= 4 is 17.5 Å². The van der Waals surface area contributed by atoms with E-state index >= 15 is 0 Å². The summed E-state index contributed by atoms with van der Waals surface area (Å²) in [5, 5.41) is 3.74. The van der Waals surface area contributed by atoms with Crippen LogP contribution < -0.4 is 10.1 Å². The minimum absolute atomic E-state index is 0.0734. The number of aromatic nitrogens is 1. The third-order valence-electron chi connectivity index (χ3n) is 4.95. The van der Waals surface area contributed by atoms with Crippen LogP contribution in [0, 0.1) is 6.92 Å². The highest BCUT2D eigenvalue weighted by Crippen LogP contribution is 2.34. The van der Waals surface area contributed by atoms with E-state index in [1.807, 2.05) is 68.4 Å². The lowest BCUT2D eigenvalue weighted by molar-refractivity contribution is 0.0938. The Hall–Kier alpha value is -2.72. The first-order valence-electron chi connectivity index (χ1n) is 9.38. The molecule has 3 rings (SSSR count). The summed E-state index contributed by atoms with van der Waals surface area (Å²) in [5.41, 5.74) is 4.27. The van der Waals surface area contributed by atoms with Crippen LogP contribution in [0.5, 0.6) is 5.75 Å². The van der Waals surface area contributed by atoms with Gasteiger partial charge in [0, 0.05) is 16.8 Å². The monoisotopic (exact) mass is 396 g/mol. The minimum atomic E-state index is -0.0734. The van der Waals surface area contributed by atoms with Crippen molar-refractivity contribution in [3.63, 3.8) is 0 Å². The molecule has 2 aromatic carbocycles. The summed E-state index contributed by atoms with van der Waals surface area (Å²) in [5.74, 6) is 0.668. The van der Waals surface area contributed by atoms with Gasteiger partial charge in [-0.25, -0.2) is 0 Å². The van der Waals surface area contributed by atoms with Crippen LogP contribution in [0.4, 0.5) is 0 Å². The van der Waals surface area contributed by atoms with E-state index in [4.69, 9.17) is 16.3 Å². The van der Waals surface area contributed by atoms with Gasteiger partial charge in [0.1, 0.15) is 5.75 Å². The van der Waals surface area contributed by atoms with Crippen molar-refractivity contribution in [3.05, 3.63) is 70.9 Å². The number of rotatable bonds is 6. The summed E-state index contributed by atoms with van der Waals surface area (Å²) in [6, 6.07) is 17.5. The Morgan fingerprint density at radius 1 is 1.18 bits per heavy atom. The molecule has 0 aliphatic carbocycles. The van der Waals surface area contributed by atoms with Gasteiger partial charge in [0.15, 0.2) is 0 Å². The third kappa shape index (κ3) is 3.92. The van der Waals surface area contributed by atoms with Gasteiger partial charge in [-0.2, -0.15) is 0 Å². The lowest BCUT2D eigenvalue weighted by atomic mass is 10.1. The van der Waals surface area contributed by atoms with Crippen molar-refractivity contribution in [3.8, 4) is 22.7 Å². The number of para-hydroxylation sites is 2. The van der Waals surface area contributed by atoms with Crippen LogP contribution >= 0.6 is 11.6 Å². The zero-order valence-electron chi connectivity index (χ0n) is 16.6. The predicted octanol–water partition coefficient (Wildman–Crippen LogP) is 5.64. The molecule has 1 aromatic heterocycles. The van der Waals surface area contributed by atoms with Gasteiger partial charge in [0.2, 0.25) is 0 Å². The topological polar surface area (TPSA) is 43.3 Å². The first kappa shape index (κ1) is 20.0. The third-order valence-corrected chi connectivity index (χ3v) is 5.20. The molecule has 0 unspecified atom stereocenters. The molecule has 0 aliphatic rings. The number of amides is 1. The standard InChI is InChI=1S/C23H25ClN2O2/c1-5-15(2)25-23(27)19-14-21(17-10-12-18(24)13-11-17)26(16(19)3)20-8-6-7-9-22(20)28-4/h6-15H,5H2,1-4H3,(H,25,27)/t15-/m1/s1. The fourth-order valence-electron chi connectivity index (χ4n) is 3.20. The molecule has 5 heteroatoms. The molecule has 1 amide bonds. The summed E-state index contributed by atoms with van der Waals surface area (Å²) >= 11 is 6.07. The van der Waals surface area contributed by atoms with Gasteiger partial charge < -0.3 is 14.6 Å². The SMILES string of the molecule is CC[C@@H](C)NC(=O)c1cc(-c2ccc(Cl)cc2)n(-c2ccccc2OC)c1C. The zero-order chi connectivity index (χ0) is 20.3. The average Bonchev–Trinajstić information content (AvgIpc) is 3.05. The molecule has 28 heavy (non-hydrogen) atoms. The van der Waals surface area contributed by atoms with Gasteiger partial charge in [-0.05, 0) is 56.2 Å². The predicted molar refractivity (Wildman–Crippen MR) is 115 cm³/mol. The number of methoxy groups -OCH3 is 1. The van der Waals surface area contributed by atoms with Crippen molar-refractivity contribution in [1.29, 1.82) is 0 Å². The Bertz CT molecular complexity index is 977. The number of carbonyl (C=O) groups is 1. The van der Waals surface area contributed by atoms with Gasteiger partial charge >= 0.3 is 0 Å². The van der Waals surface area contributed by atoms with Crippen molar-refractivity contribution in [1.82, 2.24) is 9.88 Å². The molecule has 0 bridgehead atoms. The van der Waals surface area contributed by atoms with E-state index < -0.39 is 0 Å². The van der Waals surface area contributed by atoms with Crippen LogP contribution in [-0.4, -0.2) is 23.6 Å². The van der Waals surface area contributed by atoms with Gasteiger partial charge in [-0.15, -0.1) is 0 Å². The molecular formula is C23H25ClN2O2. The molecule has 1 atom stereocenters. The normalized spacial score (nSPS) is 11.9. The second kappa shape index (κ2) is 8.53. The first-order valence-corrected chi connectivity index (χ1v) is 9.76. The van der Waals surface area contributed by atoms with E-state index in [0.717, 1.165) is 34.8 Å². The highest BCUT2D eigenvalue weighted by atomic mass is 35.5. The zero-order valence-corrected chi connectivity index (χ0v) is 17.4. The Balaban J connectivity index is 2.21. The fourth-order valence-corrected chi connectivity index (χ4v) is 3.32. The Morgan fingerprint density at radius 2 is 1.86 bits per heavy atom. The number of benzene rings is 2. The molecule has 0 fully saturated rings. The minimum Gasteiger partial charge on any atom is -0.495 e. The summed E-state index contributed by atoms with van der Waals surface area (Å²) in [6.45, 7) is 6.01. The van der Waals surface area contributed by atoms with Gasteiger partial charge in [-0.1, -0.05) is 42.8 Å². The molecule has 0 radical (unpaired) electrons. The Morgan fingerprint density at radius 3 is 2.50 bits per heavy atom. The van der Waals surface area contributed by atoms with Crippen LogP contribution in [0.1, 0.15) is 36.3 Å². The summed E-state index contributed by atoms with van der Waals surface area (Å²) in [7, 11) is 1.65. The summed E-state index contributed by atoms with van der Waals surface area (Å²) in [4.78, 5) is 12.9. The number of hydrogen-bond donors (Lipinski definition) is 1. The van der Waals surface area contributed by atoms with E-state index in [-0.39, 0.29) is 11.9 Å². The second-order valence-electron chi connectivity index (χ2n) is 6.83. The highest BCUT2D eigenvalue weighted by molar-refractivity contribution is 6.30. The molecule has 1 N–H and O–H groups in total. The highest BCUT2D eigenvalue weighted by Gasteiger charge is 2.22. The second-order valence-corrected chi connectivity index (χ2v) is 7.26. The number of hydrogen-bond acceptors (Lipinski definition) is 2. The molecule has 0 spiro atoms. The van der Waals surface area contributed by atoms with Gasteiger partial charge in [-0.3, -0.25) is 4.79 Å². The molecule has 0 aliphatic heterocycles. The number of nitrogens with one attached hydrogen (secondary N) is 1. The molecule has 0 saturated heterocycles. The fraction of sp³-hybridized carbons (Fsp3) is 0.261. The number of nitrogens with zero attached hydrogens (tertiary/aromatic N) is 1. The number of carbonyl (C=O) groups excluding carboxylic acids is 1. The van der Waals surface area contributed by atoms with Crippen molar-refractivity contribution < 1.29 is 9.53 Å². The van der Waals surface area contributed by atoms with Crippen LogP contribution in [-0.2, 0) is 0 Å². The molecule has 0 saturated carbocycles. The maximum Gasteiger partial charge on any atom is 0.253 e. The van der Waals surface area contributed by atoms with Crippen molar-refractivity contribution in [2.45, 2.75) is 33.2 Å². The first-order chi connectivity index (χ1) is 13.5. The van der Waals surface area contributed by atoms with Gasteiger partial charge in [0.25, 0.3) is 5.91 Å². The summed E-state index contributed by atoms with van der Waals surface area (Å²) < 4.78 is 7.64. The number of ether oxygens (including phenoxy) is 1. The van der Waals surface area contributed by atoms with Crippen LogP contribution in [0.2, 0.25) is 5.02 Å². The lowest BCUT2D eigenvalue weighted by Gasteiger charge is -2.16. The Labute approximate surface area is 171 Å². The van der Waals surface area contributed by atoms with E-state index in [2.05, 4.69) is 16.8 Å². The van der Waals surface area contributed by atoms with E-state index in [9.17, 15) is 4.79 Å². The van der Waals surface area contributed by atoms with E-state index in [1.54, 1.807) is 7.11 Å². The lowest BCUT2D eigenvalue weighted by Crippen LogP contribution is -2.32. The molecule has 146 valence electrons. The van der Waals surface area contributed by atoms with Gasteiger partial charge in [0.05, 0.1) is 24.1 Å². The van der Waals surface area contributed by atoms with Crippen LogP contribution in [0.15, 0.2) is 54.6 Å². The maximum atomic E-state index is 12.9.